The Balaban J connectivity index is 2.37. The summed E-state index contributed by atoms with van der Waals surface area (Å²) < 4.78 is 0.911. The van der Waals surface area contributed by atoms with Gasteiger partial charge < -0.3 is 11.1 Å². The van der Waals surface area contributed by atoms with Crippen LogP contribution in [0.3, 0.4) is 0 Å². The number of hydrogen-bond donors (Lipinski definition) is 2. The van der Waals surface area contributed by atoms with E-state index in [1.165, 1.54) is 0 Å². The molecule has 0 aliphatic heterocycles. The maximum absolute atomic E-state index is 6.13. The minimum Gasteiger partial charge on any atom is -0.389 e. The Labute approximate surface area is 123 Å². The molecular weight excluding hydrogens is 334 g/mol. The van der Waals surface area contributed by atoms with Crippen molar-refractivity contribution in [2.24, 2.45) is 5.73 Å². The molecule has 1 aromatic carbocycles. The van der Waals surface area contributed by atoms with Crippen molar-refractivity contribution in [1.82, 2.24) is 4.98 Å². The van der Waals surface area contributed by atoms with E-state index in [0.717, 1.165) is 10.2 Å². The molecule has 2 rings (SSSR count). The van der Waals surface area contributed by atoms with Crippen molar-refractivity contribution < 1.29 is 0 Å². The van der Waals surface area contributed by atoms with E-state index in [-0.39, 0.29) is 0 Å². The molecule has 3 N–H and O–H groups in total. The predicted molar refractivity (Wildman–Crippen MR) is 82.6 cm³/mol. The molecule has 1 aromatic heterocycles. The summed E-state index contributed by atoms with van der Waals surface area (Å²) in [6.07, 6.45) is 1.66. The highest BCUT2D eigenvalue weighted by atomic mass is 79.9. The lowest BCUT2D eigenvalue weighted by Crippen LogP contribution is -2.12. The first-order valence-electron chi connectivity index (χ1n) is 5.05. The zero-order chi connectivity index (χ0) is 13.1. The second-order valence-electron chi connectivity index (χ2n) is 3.51. The van der Waals surface area contributed by atoms with Gasteiger partial charge in [0.15, 0.2) is 0 Å². The lowest BCUT2D eigenvalue weighted by Gasteiger charge is -2.11. The Kier molecular flexibility index (Phi) is 4.16. The van der Waals surface area contributed by atoms with E-state index >= 15 is 0 Å². The summed E-state index contributed by atoms with van der Waals surface area (Å²) in [6, 6.07) is 9.13. The SMILES string of the molecule is NC(=S)c1cccnc1Nc1ccc(Br)cc1Cl. The summed E-state index contributed by atoms with van der Waals surface area (Å²) >= 11 is 14.5. The van der Waals surface area contributed by atoms with Crippen LogP contribution in [-0.2, 0) is 0 Å². The van der Waals surface area contributed by atoms with E-state index in [9.17, 15) is 0 Å². The summed E-state index contributed by atoms with van der Waals surface area (Å²) in [4.78, 5) is 4.50. The van der Waals surface area contributed by atoms with Gasteiger partial charge in [0.25, 0.3) is 0 Å². The van der Waals surface area contributed by atoms with Gasteiger partial charge in [-0.25, -0.2) is 4.98 Å². The molecule has 0 spiro atoms. The average molecular weight is 343 g/mol. The molecule has 92 valence electrons. The number of rotatable bonds is 3. The van der Waals surface area contributed by atoms with Crippen LogP contribution in [0.5, 0.6) is 0 Å². The first-order valence-corrected chi connectivity index (χ1v) is 6.63. The number of nitrogens with zero attached hydrogens (tertiary/aromatic N) is 1. The Morgan fingerprint density at radius 2 is 2.17 bits per heavy atom. The lowest BCUT2D eigenvalue weighted by molar-refractivity contribution is 1.30. The van der Waals surface area contributed by atoms with Crippen LogP contribution < -0.4 is 11.1 Å². The van der Waals surface area contributed by atoms with Crippen LogP contribution in [0.2, 0.25) is 5.02 Å². The predicted octanol–water partition coefficient (Wildman–Crippen LogP) is 3.88. The first-order chi connectivity index (χ1) is 8.58. The van der Waals surface area contributed by atoms with Crippen molar-refractivity contribution in [1.29, 1.82) is 0 Å². The molecule has 0 aliphatic rings. The van der Waals surface area contributed by atoms with Crippen LogP contribution in [0.1, 0.15) is 5.56 Å². The fourth-order valence-corrected chi connectivity index (χ4v) is 2.31. The summed E-state index contributed by atoms with van der Waals surface area (Å²) in [5, 5.41) is 3.70. The molecule has 0 radical (unpaired) electrons. The summed E-state index contributed by atoms with van der Waals surface area (Å²) in [6.45, 7) is 0. The molecule has 18 heavy (non-hydrogen) atoms. The summed E-state index contributed by atoms with van der Waals surface area (Å²) in [5.41, 5.74) is 7.07. The van der Waals surface area contributed by atoms with E-state index in [2.05, 4.69) is 26.2 Å². The van der Waals surface area contributed by atoms with Gasteiger partial charge in [-0.05, 0) is 30.3 Å². The van der Waals surface area contributed by atoms with Gasteiger partial charge >= 0.3 is 0 Å². The highest BCUT2D eigenvalue weighted by Gasteiger charge is 2.08. The third kappa shape index (κ3) is 2.98. The number of nitrogens with one attached hydrogen (secondary N) is 1. The monoisotopic (exact) mass is 341 g/mol. The fourth-order valence-electron chi connectivity index (χ4n) is 1.42. The second-order valence-corrected chi connectivity index (χ2v) is 5.28. The maximum atomic E-state index is 6.13. The van der Waals surface area contributed by atoms with Crippen molar-refractivity contribution in [3.63, 3.8) is 0 Å². The average Bonchev–Trinajstić information content (AvgIpc) is 2.33. The third-order valence-electron chi connectivity index (χ3n) is 2.26. The highest BCUT2D eigenvalue weighted by molar-refractivity contribution is 9.10. The van der Waals surface area contributed by atoms with E-state index < -0.39 is 0 Å². The molecule has 0 saturated carbocycles. The Morgan fingerprint density at radius 1 is 1.39 bits per heavy atom. The van der Waals surface area contributed by atoms with Gasteiger partial charge in [0.05, 0.1) is 16.3 Å². The van der Waals surface area contributed by atoms with E-state index in [1.807, 2.05) is 18.2 Å². The van der Waals surface area contributed by atoms with Gasteiger partial charge in [-0.3, -0.25) is 0 Å². The Bertz CT molecular complexity index is 604. The minimum absolute atomic E-state index is 0.291. The highest BCUT2D eigenvalue weighted by Crippen LogP contribution is 2.28. The van der Waals surface area contributed by atoms with E-state index in [1.54, 1.807) is 18.3 Å². The zero-order valence-corrected chi connectivity index (χ0v) is 12.3. The van der Waals surface area contributed by atoms with Crippen LogP contribution in [0.15, 0.2) is 41.0 Å². The van der Waals surface area contributed by atoms with Crippen LogP contribution in [0.25, 0.3) is 0 Å². The number of halogens is 2. The van der Waals surface area contributed by atoms with Crippen molar-refractivity contribution in [2.45, 2.75) is 0 Å². The Hall–Kier alpha value is -1.17. The smallest absolute Gasteiger partial charge is 0.140 e. The van der Waals surface area contributed by atoms with Crippen molar-refractivity contribution >= 4 is 56.2 Å². The molecule has 3 nitrogen and oxygen atoms in total. The van der Waals surface area contributed by atoms with Crippen molar-refractivity contribution in [3.8, 4) is 0 Å². The fraction of sp³-hybridized carbons (Fsp3) is 0. The standard InChI is InChI=1S/C12H9BrClN3S/c13-7-3-4-10(9(14)6-7)17-12-8(11(15)18)2-1-5-16-12/h1-6H,(H2,15,18)(H,16,17). The molecule has 0 bridgehead atoms. The van der Waals surface area contributed by atoms with Crippen LogP contribution in [-0.4, -0.2) is 9.97 Å². The van der Waals surface area contributed by atoms with E-state index in [4.69, 9.17) is 29.6 Å². The minimum atomic E-state index is 0.291. The number of benzene rings is 1. The lowest BCUT2D eigenvalue weighted by atomic mass is 10.2. The number of pyridine rings is 1. The normalized spacial score (nSPS) is 10.1. The molecular formula is C12H9BrClN3S. The van der Waals surface area contributed by atoms with Crippen molar-refractivity contribution in [3.05, 3.63) is 51.6 Å². The quantitative estimate of drug-likeness (QED) is 0.831. The van der Waals surface area contributed by atoms with Crippen molar-refractivity contribution in [2.75, 3.05) is 5.32 Å². The summed E-state index contributed by atoms with van der Waals surface area (Å²) in [5.74, 6) is 0.592. The molecule has 0 atom stereocenters. The molecule has 6 heteroatoms. The molecule has 0 amide bonds. The molecule has 0 unspecified atom stereocenters. The topological polar surface area (TPSA) is 50.9 Å². The third-order valence-corrected chi connectivity index (χ3v) is 3.28. The van der Waals surface area contributed by atoms with Crippen LogP contribution >= 0.6 is 39.7 Å². The zero-order valence-electron chi connectivity index (χ0n) is 9.15. The number of nitrogens with two attached hydrogens (primary N) is 1. The van der Waals surface area contributed by atoms with Gasteiger partial charge in [0, 0.05) is 10.7 Å². The van der Waals surface area contributed by atoms with Crippen LogP contribution in [0, 0.1) is 0 Å². The summed E-state index contributed by atoms with van der Waals surface area (Å²) in [7, 11) is 0. The largest absolute Gasteiger partial charge is 0.389 e. The number of hydrogen-bond acceptors (Lipinski definition) is 3. The van der Waals surface area contributed by atoms with E-state index in [0.29, 0.717) is 21.4 Å². The number of anilines is 2. The number of aromatic nitrogens is 1. The van der Waals surface area contributed by atoms with Gasteiger partial charge in [-0.2, -0.15) is 0 Å². The second kappa shape index (κ2) is 5.65. The van der Waals surface area contributed by atoms with Gasteiger partial charge in [-0.15, -0.1) is 0 Å². The van der Waals surface area contributed by atoms with Gasteiger partial charge in [-0.1, -0.05) is 39.7 Å². The molecule has 1 heterocycles. The van der Waals surface area contributed by atoms with Gasteiger partial charge in [0.1, 0.15) is 10.8 Å². The first kappa shape index (κ1) is 13.3. The molecule has 0 fully saturated rings. The number of thiocarbonyl (C=S) groups is 1. The molecule has 0 aliphatic carbocycles. The molecule has 0 saturated heterocycles. The van der Waals surface area contributed by atoms with Crippen LogP contribution in [0.4, 0.5) is 11.5 Å². The Morgan fingerprint density at radius 3 is 2.83 bits per heavy atom. The molecule has 2 aromatic rings. The van der Waals surface area contributed by atoms with Gasteiger partial charge in [0.2, 0.25) is 0 Å². The maximum Gasteiger partial charge on any atom is 0.140 e.